The van der Waals surface area contributed by atoms with Gasteiger partial charge in [0, 0.05) is 45.0 Å². The molecule has 11 aromatic carbocycles. The summed E-state index contributed by atoms with van der Waals surface area (Å²) in [6.45, 7) is 0. The molecule has 0 unspecified atom stereocenters. The Bertz CT molecular complexity index is 3500. The quantitative estimate of drug-likeness (QED) is 0.122. The van der Waals surface area contributed by atoms with E-state index in [4.69, 9.17) is 9.97 Å². The molecule has 0 aliphatic carbocycles. The van der Waals surface area contributed by atoms with Crippen LogP contribution in [0, 0.1) is 0 Å². The van der Waals surface area contributed by atoms with Gasteiger partial charge in [-0.05, 0) is 106 Å². The lowest BCUT2D eigenvalue weighted by Gasteiger charge is -2.28. The van der Waals surface area contributed by atoms with Gasteiger partial charge < -0.3 is 9.80 Å². The van der Waals surface area contributed by atoms with E-state index in [2.05, 4.69) is 277 Å². The van der Waals surface area contributed by atoms with E-state index in [-0.39, 0.29) is 0 Å². The van der Waals surface area contributed by atoms with E-state index < -0.39 is 0 Å². The Balaban J connectivity index is 0.835. The van der Waals surface area contributed by atoms with Crippen molar-refractivity contribution >= 4 is 45.2 Å². The number of fused-ring (bicyclic) bond motifs is 1. The van der Waals surface area contributed by atoms with Gasteiger partial charge in [-0.3, -0.25) is 0 Å². The van der Waals surface area contributed by atoms with E-state index in [1.54, 1.807) is 0 Å². The Kier molecular flexibility index (Phi) is 12.0. The van der Waals surface area contributed by atoms with Crippen LogP contribution < -0.4 is 9.80 Å². The first-order valence-corrected chi connectivity index (χ1v) is 24.4. The molecule has 0 spiro atoms. The number of hydrogen-bond acceptors (Lipinski definition) is 4. The summed E-state index contributed by atoms with van der Waals surface area (Å²) in [5.41, 5.74) is 21.3. The lowest BCUT2D eigenvalue weighted by molar-refractivity contribution is 1.28. The second kappa shape index (κ2) is 19.8. The fraction of sp³-hybridized carbons (Fsp3) is 0. The molecule has 1 aromatic heterocycles. The largest absolute Gasteiger partial charge is 0.310 e. The van der Waals surface area contributed by atoms with Crippen molar-refractivity contribution in [3.8, 4) is 67.0 Å². The van der Waals surface area contributed by atoms with Gasteiger partial charge in [0.15, 0.2) is 0 Å². The molecule has 0 atom stereocenters. The van der Waals surface area contributed by atoms with Crippen LogP contribution >= 0.6 is 0 Å². The molecular formula is C68H48N4. The van der Waals surface area contributed by atoms with E-state index in [0.717, 1.165) is 89.9 Å². The molecule has 0 amide bonds. The van der Waals surface area contributed by atoms with Gasteiger partial charge in [-0.25, -0.2) is 9.97 Å². The summed E-state index contributed by atoms with van der Waals surface area (Å²) in [6.07, 6.45) is 0. The summed E-state index contributed by atoms with van der Waals surface area (Å²) in [5.74, 6) is 0. The van der Waals surface area contributed by atoms with Gasteiger partial charge in [-0.15, -0.1) is 0 Å². The van der Waals surface area contributed by atoms with E-state index in [1.165, 1.54) is 22.3 Å². The molecule has 0 aliphatic rings. The first-order valence-electron chi connectivity index (χ1n) is 24.4. The second-order valence-corrected chi connectivity index (χ2v) is 17.8. The number of anilines is 6. The summed E-state index contributed by atoms with van der Waals surface area (Å²) < 4.78 is 0. The first-order chi connectivity index (χ1) is 35.7. The van der Waals surface area contributed by atoms with Gasteiger partial charge in [0.1, 0.15) is 0 Å². The average Bonchev–Trinajstić information content (AvgIpc) is 3.47. The van der Waals surface area contributed by atoms with E-state index in [1.807, 2.05) is 24.3 Å². The standard InChI is InChI=1S/C68H48N4/c1-5-19-53(20-6-1)61-27-13-17-31-65(61)71(57-23-9-3-10-24-57)59-45-41-51(42-46-59)49-33-37-55(38-34-49)67-68(70-64-30-16-15-29-63(64)69-67)56-39-35-50(36-40-56)52-43-47-60(48-44-52)72(58-25-11-4-12-26-58)66-32-18-14-28-62(66)54-21-7-2-8-22-54/h1-48H. The zero-order valence-electron chi connectivity index (χ0n) is 39.5. The molecule has 12 aromatic rings. The van der Waals surface area contributed by atoms with Crippen LogP contribution in [0.1, 0.15) is 0 Å². The van der Waals surface area contributed by atoms with Crippen LogP contribution in [0.5, 0.6) is 0 Å². The number of para-hydroxylation sites is 6. The topological polar surface area (TPSA) is 32.3 Å². The molecular weight excluding hydrogens is 873 g/mol. The van der Waals surface area contributed by atoms with Gasteiger partial charge in [0.05, 0.1) is 33.8 Å². The van der Waals surface area contributed by atoms with E-state index >= 15 is 0 Å². The fourth-order valence-corrected chi connectivity index (χ4v) is 9.72. The zero-order chi connectivity index (χ0) is 48.1. The summed E-state index contributed by atoms with van der Waals surface area (Å²) in [4.78, 5) is 15.2. The molecule has 0 fully saturated rings. The molecule has 72 heavy (non-hydrogen) atoms. The Morgan fingerprint density at radius 2 is 0.458 bits per heavy atom. The molecule has 0 bridgehead atoms. The van der Waals surface area contributed by atoms with E-state index in [0.29, 0.717) is 0 Å². The van der Waals surface area contributed by atoms with Gasteiger partial charge in [0.2, 0.25) is 0 Å². The molecule has 340 valence electrons. The lowest BCUT2D eigenvalue weighted by atomic mass is 9.97. The molecule has 0 N–H and O–H groups in total. The van der Waals surface area contributed by atoms with Crippen LogP contribution in [0.4, 0.5) is 34.1 Å². The van der Waals surface area contributed by atoms with Gasteiger partial charge >= 0.3 is 0 Å². The SMILES string of the molecule is c1ccc(-c2ccccc2N(c2ccccc2)c2ccc(-c3ccc(-c4nc5ccccc5nc4-c4ccc(-c5ccc(N(c6ccccc6)c6ccccc6-c6ccccc6)cc5)cc4)cc3)cc2)cc1. The molecule has 4 heteroatoms. The third kappa shape index (κ3) is 8.81. The summed E-state index contributed by atoms with van der Waals surface area (Å²) in [7, 11) is 0. The second-order valence-electron chi connectivity index (χ2n) is 17.8. The maximum atomic E-state index is 5.25. The van der Waals surface area contributed by atoms with Gasteiger partial charge in [0.25, 0.3) is 0 Å². The molecule has 12 rings (SSSR count). The molecule has 0 saturated heterocycles. The number of hydrogen-bond donors (Lipinski definition) is 0. The van der Waals surface area contributed by atoms with Crippen molar-refractivity contribution in [1.82, 2.24) is 9.97 Å². The predicted octanol–water partition coefficient (Wildman–Crippen LogP) is 18.6. The van der Waals surface area contributed by atoms with Crippen molar-refractivity contribution in [2.45, 2.75) is 0 Å². The maximum Gasteiger partial charge on any atom is 0.0973 e. The predicted molar refractivity (Wildman–Crippen MR) is 302 cm³/mol. The van der Waals surface area contributed by atoms with Crippen molar-refractivity contribution in [2.24, 2.45) is 0 Å². The minimum absolute atomic E-state index is 0.847. The van der Waals surface area contributed by atoms with Crippen molar-refractivity contribution in [2.75, 3.05) is 9.80 Å². The highest BCUT2D eigenvalue weighted by atomic mass is 15.1. The van der Waals surface area contributed by atoms with E-state index in [9.17, 15) is 0 Å². The van der Waals surface area contributed by atoms with Crippen LogP contribution in [0.3, 0.4) is 0 Å². The Morgan fingerprint density at radius 1 is 0.194 bits per heavy atom. The van der Waals surface area contributed by atoms with Crippen LogP contribution in [-0.4, -0.2) is 9.97 Å². The summed E-state index contributed by atoms with van der Waals surface area (Å²) in [6, 6.07) is 103. The lowest BCUT2D eigenvalue weighted by Crippen LogP contribution is -2.11. The molecule has 1 heterocycles. The Labute approximate surface area is 421 Å². The number of benzene rings is 11. The third-order valence-electron chi connectivity index (χ3n) is 13.3. The molecule has 0 aliphatic heterocycles. The van der Waals surface area contributed by atoms with Crippen molar-refractivity contribution < 1.29 is 0 Å². The van der Waals surface area contributed by atoms with Crippen LogP contribution in [-0.2, 0) is 0 Å². The number of nitrogens with zero attached hydrogens (tertiary/aromatic N) is 4. The minimum atomic E-state index is 0.847. The van der Waals surface area contributed by atoms with Gasteiger partial charge in [-0.1, -0.05) is 218 Å². The summed E-state index contributed by atoms with van der Waals surface area (Å²) in [5, 5.41) is 0. The zero-order valence-corrected chi connectivity index (χ0v) is 39.5. The Hall–Kier alpha value is -9.64. The monoisotopic (exact) mass is 920 g/mol. The van der Waals surface area contributed by atoms with Crippen LogP contribution in [0.25, 0.3) is 78.1 Å². The number of rotatable bonds is 12. The highest BCUT2D eigenvalue weighted by Crippen LogP contribution is 2.43. The van der Waals surface area contributed by atoms with Crippen LogP contribution in [0.2, 0.25) is 0 Å². The highest BCUT2D eigenvalue weighted by Gasteiger charge is 2.20. The molecule has 0 saturated carbocycles. The molecule has 0 radical (unpaired) electrons. The van der Waals surface area contributed by atoms with Crippen molar-refractivity contribution in [1.29, 1.82) is 0 Å². The molecule has 4 nitrogen and oxygen atoms in total. The van der Waals surface area contributed by atoms with Crippen molar-refractivity contribution in [3.05, 3.63) is 291 Å². The third-order valence-corrected chi connectivity index (χ3v) is 13.3. The fourth-order valence-electron chi connectivity index (χ4n) is 9.72. The average molecular weight is 921 g/mol. The van der Waals surface area contributed by atoms with Gasteiger partial charge in [-0.2, -0.15) is 0 Å². The van der Waals surface area contributed by atoms with Crippen molar-refractivity contribution in [3.63, 3.8) is 0 Å². The normalized spacial score (nSPS) is 11.1. The summed E-state index contributed by atoms with van der Waals surface area (Å²) >= 11 is 0. The highest BCUT2D eigenvalue weighted by molar-refractivity contribution is 5.91. The minimum Gasteiger partial charge on any atom is -0.310 e. The Morgan fingerprint density at radius 3 is 0.819 bits per heavy atom. The maximum absolute atomic E-state index is 5.25. The number of aromatic nitrogens is 2. The first kappa shape index (κ1) is 43.6. The van der Waals surface area contributed by atoms with Crippen LogP contribution in [0.15, 0.2) is 291 Å². The smallest absolute Gasteiger partial charge is 0.0973 e.